The standard InChI is InChI=1S/C17H25N3/c1-4-13(2)17(15-8-6-5-7-9-15)16(18)10-14-11-19-20(3)12-14/h5-9,11-13,16-17H,4,10,18H2,1-3H3. The fourth-order valence-electron chi connectivity index (χ4n) is 2.90. The Morgan fingerprint density at radius 3 is 2.50 bits per heavy atom. The van der Waals surface area contributed by atoms with Gasteiger partial charge in [0.15, 0.2) is 0 Å². The summed E-state index contributed by atoms with van der Waals surface area (Å²) in [5.74, 6) is 0.963. The van der Waals surface area contributed by atoms with Crippen molar-refractivity contribution in [2.24, 2.45) is 18.7 Å². The predicted octanol–water partition coefficient (Wildman–Crippen LogP) is 3.12. The first-order valence-corrected chi connectivity index (χ1v) is 7.39. The molecule has 3 heteroatoms. The third kappa shape index (κ3) is 3.48. The van der Waals surface area contributed by atoms with Gasteiger partial charge in [-0.1, -0.05) is 50.6 Å². The maximum atomic E-state index is 6.53. The van der Waals surface area contributed by atoms with Crippen molar-refractivity contribution in [3.63, 3.8) is 0 Å². The van der Waals surface area contributed by atoms with E-state index in [1.807, 2.05) is 17.9 Å². The molecule has 2 N–H and O–H groups in total. The van der Waals surface area contributed by atoms with Crippen LogP contribution in [0.5, 0.6) is 0 Å². The van der Waals surface area contributed by atoms with E-state index in [0.717, 1.165) is 12.8 Å². The van der Waals surface area contributed by atoms with Crippen LogP contribution in [0.4, 0.5) is 0 Å². The molecule has 0 saturated heterocycles. The zero-order valence-corrected chi connectivity index (χ0v) is 12.7. The van der Waals surface area contributed by atoms with Gasteiger partial charge in [0.05, 0.1) is 6.20 Å². The Kier molecular flexibility index (Phi) is 4.96. The molecule has 3 nitrogen and oxygen atoms in total. The highest BCUT2D eigenvalue weighted by molar-refractivity contribution is 5.23. The molecule has 1 aromatic heterocycles. The molecule has 2 rings (SSSR count). The van der Waals surface area contributed by atoms with E-state index in [1.165, 1.54) is 11.1 Å². The zero-order valence-electron chi connectivity index (χ0n) is 12.7. The van der Waals surface area contributed by atoms with E-state index in [4.69, 9.17) is 5.73 Å². The Labute approximate surface area is 121 Å². The van der Waals surface area contributed by atoms with Crippen LogP contribution in [0.3, 0.4) is 0 Å². The predicted molar refractivity (Wildman–Crippen MR) is 83.5 cm³/mol. The number of nitrogens with zero attached hydrogens (tertiary/aromatic N) is 2. The average Bonchev–Trinajstić information content (AvgIpc) is 2.85. The Morgan fingerprint density at radius 1 is 1.25 bits per heavy atom. The molecular formula is C17H25N3. The van der Waals surface area contributed by atoms with Gasteiger partial charge in [0, 0.05) is 25.2 Å². The first-order valence-electron chi connectivity index (χ1n) is 7.39. The van der Waals surface area contributed by atoms with E-state index in [0.29, 0.717) is 11.8 Å². The second-order valence-electron chi connectivity index (χ2n) is 5.71. The minimum Gasteiger partial charge on any atom is -0.327 e. The lowest BCUT2D eigenvalue weighted by Crippen LogP contribution is -2.34. The summed E-state index contributed by atoms with van der Waals surface area (Å²) in [7, 11) is 1.94. The molecule has 0 amide bonds. The summed E-state index contributed by atoms with van der Waals surface area (Å²) >= 11 is 0. The van der Waals surface area contributed by atoms with Crippen LogP contribution in [-0.4, -0.2) is 15.8 Å². The third-order valence-corrected chi connectivity index (χ3v) is 4.13. The van der Waals surface area contributed by atoms with Gasteiger partial charge in [-0.25, -0.2) is 0 Å². The fraction of sp³-hybridized carbons (Fsp3) is 0.471. The first kappa shape index (κ1) is 14.8. The number of aromatic nitrogens is 2. The SMILES string of the molecule is CCC(C)C(c1ccccc1)C(N)Cc1cnn(C)c1. The van der Waals surface area contributed by atoms with Gasteiger partial charge in [-0.15, -0.1) is 0 Å². The van der Waals surface area contributed by atoms with Crippen LogP contribution in [0.2, 0.25) is 0 Å². The molecule has 2 aromatic rings. The summed E-state index contributed by atoms with van der Waals surface area (Å²) in [6, 6.07) is 10.8. The van der Waals surface area contributed by atoms with E-state index in [1.54, 1.807) is 0 Å². The maximum Gasteiger partial charge on any atom is 0.0522 e. The summed E-state index contributed by atoms with van der Waals surface area (Å²) in [4.78, 5) is 0. The Bertz CT molecular complexity index is 518. The summed E-state index contributed by atoms with van der Waals surface area (Å²) < 4.78 is 1.84. The van der Waals surface area contributed by atoms with Crippen LogP contribution in [0.1, 0.15) is 37.3 Å². The Hall–Kier alpha value is -1.61. The fourth-order valence-corrected chi connectivity index (χ4v) is 2.90. The van der Waals surface area contributed by atoms with Gasteiger partial charge in [-0.05, 0) is 23.5 Å². The number of hydrogen-bond acceptors (Lipinski definition) is 2. The van der Waals surface area contributed by atoms with Gasteiger partial charge < -0.3 is 5.73 Å². The molecule has 3 atom stereocenters. The highest BCUT2D eigenvalue weighted by atomic mass is 15.2. The largest absolute Gasteiger partial charge is 0.327 e. The maximum absolute atomic E-state index is 6.53. The van der Waals surface area contributed by atoms with Crippen molar-refractivity contribution < 1.29 is 0 Å². The summed E-state index contributed by atoms with van der Waals surface area (Å²) in [5.41, 5.74) is 9.09. The normalized spacial score (nSPS) is 15.8. The molecule has 0 bridgehead atoms. The van der Waals surface area contributed by atoms with Crippen molar-refractivity contribution in [2.75, 3.05) is 0 Å². The van der Waals surface area contributed by atoms with Crippen LogP contribution in [0.25, 0.3) is 0 Å². The van der Waals surface area contributed by atoms with Crippen LogP contribution in [-0.2, 0) is 13.5 Å². The molecule has 0 saturated carbocycles. The quantitative estimate of drug-likeness (QED) is 0.877. The number of rotatable bonds is 6. The molecule has 0 radical (unpaired) electrons. The van der Waals surface area contributed by atoms with Crippen molar-refractivity contribution in [3.8, 4) is 0 Å². The lowest BCUT2D eigenvalue weighted by Gasteiger charge is -2.29. The van der Waals surface area contributed by atoms with Crippen molar-refractivity contribution in [1.29, 1.82) is 0 Å². The van der Waals surface area contributed by atoms with E-state index < -0.39 is 0 Å². The molecule has 1 aromatic carbocycles. The average molecular weight is 271 g/mol. The van der Waals surface area contributed by atoms with Crippen molar-refractivity contribution in [2.45, 2.75) is 38.6 Å². The molecule has 0 fully saturated rings. The lowest BCUT2D eigenvalue weighted by molar-refractivity contribution is 0.380. The van der Waals surface area contributed by atoms with Crippen LogP contribution in [0, 0.1) is 5.92 Å². The molecule has 3 unspecified atom stereocenters. The topological polar surface area (TPSA) is 43.8 Å². The van der Waals surface area contributed by atoms with Crippen LogP contribution < -0.4 is 5.73 Å². The summed E-state index contributed by atoms with van der Waals surface area (Å²) in [5, 5.41) is 4.23. The van der Waals surface area contributed by atoms with Gasteiger partial charge in [0.2, 0.25) is 0 Å². The number of nitrogens with two attached hydrogens (primary N) is 1. The number of hydrogen-bond donors (Lipinski definition) is 1. The van der Waals surface area contributed by atoms with E-state index >= 15 is 0 Å². The Morgan fingerprint density at radius 2 is 1.95 bits per heavy atom. The molecule has 0 aliphatic rings. The van der Waals surface area contributed by atoms with Crippen LogP contribution in [0.15, 0.2) is 42.7 Å². The molecule has 1 heterocycles. The van der Waals surface area contributed by atoms with E-state index in [9.17, 15) is 0 Å². The molecule has 108 valence electrons. The second kappa shape index (κ2) is 6.71. The smallest absolute Gasteiger partial charge is 0.0522 e. The molecule has 0 aliphatic heterocycles. The van der Waals surface area contributed by atoms with Gasteiger partial charge in [0.1, 0.15) is 0 Å². The van der Waals surface area contributed by atoms with Gasteiger partial charge in [-0.3, -0.25) is 4.68 Å². The van der Waals surface area contributed by atoms with Crippen molar-refractivity contribution >= 4 is 0 Å². The molecule has 0 spiro atoms. The highest BCUT2D eigenvalue weighted by Gasteiger charge is 2.25. The molecule has 20 heavy (non-hydrogen) atoms. The number of benzene rings is 1. The summed E-state index contributed by atoms with van der Waals surface area (Å²) in [6.45, 7) is 4.53. The number of aryl methyl sites for hydroxylation is 1. The second-order valence-corrected chi connectivity index (χ2v) is 5.71. The van der Waals surface area contributed by atoms with Crippen molar-refractivity contribution in [1.82, 2.24) is 9.78 Å². The third-order valence-electron chi connectivity index (χ3n) is 4.13. The lowest BCUT2D eigenvalue weighted by atomic mass is 9.79. The van der Waals surface area contributed by atoms with Gasteiger partial charge in [0.25, 0.3) is 0 Å². The molecule has 0 aliphatic carbocycles. The van der Waals surface area contributed by atoms with E-state index in [2.05, 4.69) is 55.5 Å². The first-order chi connectivity index (χ1) is 9.61. The van der Waals surface area contributed by atoms with Gasteiger partial charge in [-0.2, -0.15) is 5.10 Å². The summed E-state index contributed by atoms with van der Waals surface area (Å²) in [6.07, 6.45) is 5.98. The highest BCUT2D eigenvalue weighted by Crippen LogP contribution is 2.30. The molecular weight excluding hydrogens is 246 g/mol. The minimum absolute atomic E-state index is 0.122. The minimum atomic E-state index is 0.122. The zero-order chi connectivity index (χ0) is 14.5. The monoisotopic (exact) mass is 271 g/mol. The van der Waals surface area contributed by atoms with Gasteiger partial charge >= 0.3 is 0 Å². The van der Waals surface area contributed by atoms with E-state index in [-0.39, 0.29) is 6.04 Å². The van der Waals surface area contributed by atoms with Crippen LogP contribution >= 0.6 is 0 Å². The Balaban J connectivity index is 2.18. The van der Waals surface area contributed by atoms with Crippen molar-refractivity contribution in [3.05, 3.63) is 53.9 Å².